The van der Waals surface area contributed by atoms with Crippen LogP contribution in [0, 0.1) is 6.92 Å². The summed E-state index contributed by atoms with van der Waals surface area (Å²) in [7, 11) is 0. The van der Waals surface area contributed by atoms with Crippen LogP contribution in [0.2, 0.25) is 0 Å². The Morgan fingerprint density at radius 3 is 2.55 bits per heavy atom. The molecule has 22 heavy (non-hydrogen) atoms. The molecule has 0 amide bonds. The van der Waals surface area contributed by atoms with Crippen molar-refractivity contribution in [1.82, 2.24) is 4.98 Å². The van der Waals surface area contributed by atoms with Gasteiger partial charge in [0.15, 0.2) is 0 Å². The lowest BCUT2D eigenvalue weighted by atomic mass is 10.1. The number of hydrogen-bond donors (Lipinski definition) is 2. The summed E-state index contributed by atoms with van der Waals surface area (Å²) >= 11 is 1.51. The average molecular weight is 309 g/mol. The van der Waals surface area contributed by atoms with Crippen molar-refractivity contribution in [3.8, 4) is 17.0 Å². The molecule has 3 rings (SSSR count). The van der Waals surface area contributed by atoms with Crippen molar-refractivity contribution >= 4 is 22.7 Å². The van der Waals surface area contributed by atoms with Gasteiger partial charge in [0.2, 0.25) is 5.13 Å². The Kier molecular flexibility index (Phi) is 4.16. The normalized spacial score (nSPS) is 11.0. The van der Waals surface area contributed by atoms with E-state index in [9.17, 15) is 5.11 Å². The van der Waals surface area contributed by atoms with Gasteiger partial charge in [-0.25, -0.2) is 4.98 Å². The lowest BCUT2D eigenvalue weighted by molar-refractivity contribution is 0.475. The SMILES string of the molecule is Cc1ccc(-c2csc(N/N=C/c3ccc(O)cc3)n2)cc1. The van der Waals surface area contributed by atoms with E-state index < -0.39 is 0 Å². The van der Waals surface area contributed by atoms with Crippen LogP contribution in [0.4, 0.5) is 5.13 Å². The molecule has 1 aromatic heterocycles. The van der Waals surface area contributed by atoms with Crippen LogP contribution in [0.15, 0.2) is 59.0 Å². The summed E-state index contributed by atoms with van der Waals surface area (Å²) in [6.07, 6.45) is 1.69. The number of hydrazone groups is 1. The van der Waals surface area contributed by atoms with Crippen molar-refractivity contribution in [3.63, 3.8) is 0 Å². The molecule has 0 aliphatic rings. The lowest BCUT2D eigenvalue weighted by Crippen LogP contribution is -1.90. The van der Waals surface area contributed by atoms with Crippen LogP contribution in [-0.2, 0) is 0 Å². The molecule has 1 heterocycles. The predicted molar refractivity (Wildman–Crippen MR) is 91.6 cm³/mol. The molecule has 0 aliphatic heterocycles. The van der Waals surface area contributed by atoms with E-state index >= 15 is 0 Å². The molecule has 0 unspecified atom stereocenters. The van der Waals surface area contributed by atoms with Crippen molar-refractivity contribution in [3.05, 3.63) is 65.0 Å². The van der Waals surface area contributed by atoms with Gasteiger partial charge in [-0.1, -0.05) is 29.8 Å². The van der Waals surface area contributed by atoms with Crippen molar-refractivity contribution in [1.29, 1.82) is 0 Å². The second kappa shape index (κ2) is 6.41. The zero-order valence-corrected chi connectivity index (χ0v) is 12.8. The second-order valence-corrected chi connectivity index (χ2v) is 5.72. The highest BCUT2D eigenvalue weighted by Crippen LogP contribution is 2.25. The first kappa shape index (κ1) is 14.3. The zero-order chi connectivity index (χ0) is 15.4. The van der Waals surface area contributed by atoms with Crippen molar-refractivity contribution in [2.24, 2.45) is 5.10 Å². The van der Waals surface area contributed by atoms with Gasteiger partial charge >= 0.3 is 0 Å². The van der Waals surface area contributed by atoms with Crippen LogP contribution in [0.1, 0.15) is 11.1 Å². The van der Waals surface area contributed by atoms with Gasteiger partial charge in [0.25, 0.3) is 0 Å². The molecule has 0 saturated heterocycles. The summed E-state index contributed by atoms with van der Waals surface area (Å²) < 4.78 is 0. The van der Waals surface area contributed by atoms with Gasteiger partial charge in [0.1, 0.15) is 5.75 Å². The Bertz CT molecular complexity index is 776. The second-order valence-electron chi connectivity index (χ2n) is 4.87. The van der Waals surface area contributed by atoms with Crippen molar-refractivity contribution in [2.75, 3.05) is 5.43 Å². The smallest absolute Gasteiger partial charge is 0.203 e. The van der Waals surface area contributed by atoms with E-state index in [4.69, 9.17) is 0 Å². The number of phenols is 1. The van der Waals surface area contributed by atoms with Gasteiger partial charge in [0, 0.05) is 10.9 Å². The Hall–Kier alpha value is -2.66. The molecule has 2 N–H and O–H groups in total. The quantitative estimate of drug-likeness (QED) is 0.559. The third kappa shape index (κ3) is 3.51. The fraction of sp³-hybridized carbons (Fsp3) is 0.0588. The minimum Gasteiger partial charge on any atom is -0.508 e. The molecular formula is C17H15N3OS. The highest BCUT2D eigenvalue weighted by Gasteiger charge is 2.03. The van der Waals surface area contributed by atoms with E-state index in [2.05, 4.69) is 46.7 Å². The van der Waals surface area contributed by atoms with Crippen LogP contribution in [0.25, 0.3) is 11.3 Å². The highest BCUT2D eigenvalue weighted by molar-refractivity contribution is 7.14. The molecule has 5 heteroatoms. The number of phenolic OH excluding ortho intramolecular Hbond substituents is 1. The average Bonchev–Trinajstić information content (AvgIpc) is 2.99. The minimum atomic E-state index is 0.243. The number of nitrogens with zero attached hydrogens (tertiary/aromatic N) is 2. The first-order valence-corrected chi connectivity index (χ1v) is 7.69. The van der Waals surface area contributed by atoms with E-state index in [-0.39, 0.29) is 5.75 Å². The van der Waals surface area contributed by atoms with Crippen molar-refractivity contribution < 1.29 is 5.11 Å². The first-order chi connectivity index (χ1) is 10.7. The summed E-state index contributed by atoms with van der Waals surface area (Å²) in [5.41, 5.74) is 7.09. The number of thiazole rings is 1. The molecule has 0 bridgehead atoms. The third-order valence-corrected chi connectivity index (χ3v) is 3.87. The van der Waals surface area contributed by atoms with E-state index in [1.165, 1.54) is 16.9 Å². The van der Waals surface area contributed by atoms with Gasteiger partial charge in [-0.05, 0) is 36.8 Å². The predicted octanol–water partition coefficient (Wildman–Crippen LogP) is 4.27. The number of hydrogen-bond acceptors (Lipinski definition) is 5. The third-order valence-electron chi connectivity index (χ3n) is 3.12. The van der Waals surface area contributed by atoms with Crippen LogP contribution < -0.4 is 5.43 Å². The molecule has 3 aromatic rings. The van der Waals surface area contributed by atoms with Gasteiger partial charge in [-0.3, -0.25) is 5.43 Å². The van der Waals surface area contributed by atoms with E-state index in [1.54, 1.807) is 30.5 Å². The molecule has 0 spiro atoms. The number of aromatic hydroxyl groups is 1. The topological polar surface area (TPSA) is 57.5 Å². The van der Waals surface area contributed by atoms with Gasteiger partial charge in [-0.15, -0.1) is 11.3 Å². The number of nitrogens with one attached hydrogen (secondary N) is 1. The molecule has 0 saturated carbocycles. The number of benzene rings is 2. The summed E-state index contributed by atoms with van der Waals surface area (Å²) in [5, 5.41) is 16.1. The van der Waals surface area contributed by atoms with Gasteiger partial charge < -0.3 is 5.11 Å². The number of anilines is 1. The number of aryl methyl sites for hydroxylation is 1. The summed E-state index contributed by atoms with van der Waals surface area (Å²) in [4.78, 5) is 4.51. The monoisotopic (exact) mass is 309 g/mol. The Balaban J connectivity index is 1.66. The Morgan fingerprint density at radius 2 is 1.82 bits per heavy atom. The molecule has 4 nitrogen and oxygen atoms in total. The molecule has 0 fully saturated rings. The lowest BCUT2D eigenvalue weighted by Gasteiger charge is -1.97. The Morgan fingerprint density at radius 1 is 1.09 bits per heavy atom. The molecular weight excluding hydrogens is 294 g/mol. The van der Waals surface area contributed by atoms with E-state index in [0.29, 0.717) is 0 Å². The molecule has 0 atom stereocenters. The maximum absolute atomic E-state index is 9.22. The van der Waals surface area contributed by atoms with E-state index in [1.807, 2.05) is 5.38 Å². The number of aromatic nitrogens is 1. The summed E-state index contributed by atoms with van der Waals surface area (Å²) in [6.45, 7) is 2.07. The molecule has 2 aromatic carbocycles. The van der Waals surface area contributed by atoms with Crippen LogP contribution in [0.5, 0.6) is 5.75 Å². The summed E-state index contributed by atoms with van der Waals surface area (Å²) in [6, 6.07) is 15.1. The molecule has 0 radical (unpaired) electrons. The Labute approximate surface area is 132 Å². The standard InChI is InChI=1S/C17H15N3OS/c1-12-2-6-14(7-3-12)16-11-22-17(19-16)20-18-10-13-4-8-15(21)9-5-13/h2-11,21H,1H3,(H,19,20)/b18-10+. The molecule has 110 valence electrons. The minimum absolute atomic E-state index is 0.243. The van der Waals surface area contributed by atoms with Crippen LogP contribution in [-0.4, -0.2) is 16.3 Å². The maximum Gasteiger partial charge on any atom is 0.203 e. The van der Waals surface area contributed by atoms with E-state index in [0.717, 1.165) is 22.0 Å². The largest absolute Gasteiger partial charge is 0.508 e. The fourth-order valence-electron chi connectivity index (χ4n) is 1.90. The fourth-order valence-corrected chi connectivity index (χ4v) is 2.57. The highest BCUT2D eigenvalue weighted by atomic mass is 32.1. The zero-order valence-electron chi connectivity index (χ0n) is 12.0. The van der Waals surface area contributed by atoms with Gasteiger partial charge in [-0.2, -0.15) is 5.10 Å². The summed E-state index contributed by atoms with van der Waals surface area (Å²) in [5.74, 6) is 0.243. The van der Waals surface area contributed by atoms with Crippen molar-refractivity contribution in [2.45, 2.75) is 6.92 Å². The first-order valence-electron chi connectivity index (χ1n) is 6.81. The number of rotatable bonds is 4. The van der Waals surface area contributed by atoms with Crippen LogP contribution in [0.3, 0.4) is 0 Å². The maximum atomic E-state index is 9.22. The van der Waals surface area contributed by atoms with Crippen LogP contribution >= 0.6 is 11.3 Å². The van der Waals surface area contributed by atoms with Gasteiger partial charge in [0.05, 0.1) is 11.9 Å². The molecule has 0 aliphatic carbocycles.